The molecule has 0 aliphatic carbocycles. The normalized spacial score (nSPS) is 11.0. The molecule has 1 heterocycles. The molecule has 0 unspecified atom stereocenters. The number of hydrogen-bond acceptors (Lipinski definition) is 4. The van der Waals surface area contributed by atoms with E-state index in [4.69, 9.17) is 0 Å². The monoisotopic (exact) mass is 454 g/mol. The summed E-state index contributed by atoms with van der Waals surface area (Å²) >= 11 is 0. The molecule has 0 bridgehead atoms. The number of rotatable bonds is 9. The number of anilines is 1. The lowest BCUT2D eigenvalue weighted by Crippen LogP contribution is -2.41. The number of nitrogens with zero attached hydrogens (tertiary/aromatic N) is 2. The number of carbonyl (C=O) groups is 2. The first-order valence-corrected chi connectivity index (χ1v) is 10.8. The maximum Gasteiger partial charge on any atom is 0.331 e. The predicted molar refractivity (Wildman–Crippen MR) is 125 cm³/mol. The van der Waals surface area contributed by atoms with Crippen molar-refractivity contribution in [3.8, 4) is 0 Å². The van der Waals surface area contributed by atoms with Crippen LogP contribution in [-0.2, 0) is 22.7 Å². The summed E-state index contributed by atoms with van der Waals surface area (Å²) in [6.07, 6.45) is 1.28. The lowest BCUT2D eigenvalue weighted by molar-refractivity contribution is -0.121. The number of carbonyl (C=O) groups excluding carboxylic acids is 2. The zero-order valence-electron chi connectivity index (χ0n) is 18.6. The van der Waals surface area contributed by atoms with Crippen molar-refractivity contribution < 1.29 is 14.0 Å². The van der Waals surface area contributed by atoms with Crippen LogP contribution in [0.5, 0.6) is 0 Å². The van der Waals surface area contributed by atoms with Gasteiger partial charge < -0.3 is 10.6 Å². The standard InChI is InChI=1S/C24H27FN4O4/c1-16(2)26-21(30)9-5-6-14-28-23(32)19-7-3-4-8-20(19)29(24(28)33)15-22(31)27-18-12-10-17(25)11-13-18/h3-4,7-8,10-13,16H,5-6,9,14-15H2,1-2H3,(H,26,30)(H,27,31). The Morgan fingerprint density at radius 3 is 2.33 bits per heavy atom. The Bertz CT molecular complexity index is 1260. The van der Waals surface area contributed by atoms with Crippen LogP contribution in [0.3, 0.4) is 0 Å². The van der Waals surface area contributed by atoms with Crippen LogP contribution in [0, 0.1) is 5.82 Å². The molecular formula is C24H27FN4O4. The highest BCUT2D eigenvalue weighted by atomic mass is 19.1. The third kappa shape index (κ3) is 6.15. The number of unbranched alkanes of at least 4 members (excludes halogenated alkanes) is 1. The van der Waals surface area contributed by atoms with Crippen LogP contribution in [0.15, 0.2) is 58.1 Å². The summed E-state index contributed by atoms with van der Waals surface area (Å²) in [5.74, 6) is -0.987. The van der Waals surface area contributed by atoms with Gasteiger partial charge in [0.1, 0.15) is 12.4 Å². The number of benzene rings is 2. The molecule has 3 aromatic rings. The van der Waals surface area contributed by atoms with Crippen molar-refractivity contribution in [3.05, 3.63) is 75.2 Å². The van der Waals surface area contributed by atoms with Crippen molar-refractivity contribution in [2.45, 2.75) is 52.2 Å². The molecule has 174 valence electrons. The highest BCUT2D eigenvalue weighted by Gasteiger charge is 2.15. The van der Waals surface area contributed by atoms with Crippen molar-refractivity contribution in [2.75, 3.05) is 5.32 Å². The van der Waals surface area contributed by atoms with E-state index in [1.54, 1.807) is 24.3 Å². The van der Waals surface area contributed by atoms with E-state index >= 15 is 0 Å². The van der Waals surface area contributed by atoms with E-state index in [0.29, 0.717) is 35.9 Å². The van der Waals surface area contributed by atoms with Crippen molar-refractivity contribution in [1.29, 1.82) is 0 Å². The largest absolute Gasteiger partial charge is 0.354 e. The van der Waals surface area contributed by atoms with Crippen molar-refractivity contribution >= 4 is 28.4 Å². The number of para-hydroxylation sites is 1. The van der Waals surface area contributed by atoms with Crippen LogP contribution in [-0.4, -0.2) is 27.0 Å². The summed E-state index contributed by atoms with van der Waals surface area (Å²) in [6.45, 7) is 3.58. The molecule has 9 heteroatoms. The van der Waals surface area contributed by atoms with Crippen molar-refractivity contribution in [3.63, 3.8) is 0 Å². The molecule has 2 N–H and O–H groups in total. The lowest BCUT2D eigenvalue weighted by atomic mass is 10.2. The van der Waals surface area contributed by atoms with Crippen LogP contribution in [0.4, 0.5) is 10.1 Å². The lowest BCUT2D eigenvalue weighted by Gasteiger charge is -2.14. The fourth-order valence-electron chi connectivity index (χ4n) is 3.55. The minimum absolute atomic E-state index is 0.0499. The van der Waals surface area contributed by atoms with E-state index in [1.807, 2.05) is 13.8 Å². The van der Waals surface area contributed by atoms with Gasteiger partial charge in [-0.1, -0.05) is 12.1 Å². The summed E-state index contributed by atoms with van der Waals surface area (Å²) in [6, 6.07) is 11.9. The molecule has 33 heavy (non-hydrogen) atoms. The molecule has 0 radical (unpaired) electrons. The van der Waals surface area contributed by atoms with Gasteiger partial charge in [-0.15, -0.1) is 0 Å². The van der Waals surface area contributed by atoms with Crippen molar-refractivity contribution in [2.24, 2.45) is 0 Å². The van der Waals surface area contributed by atoms with Crippen LogP contribution in [0.25, 0.3) is 10.9 Å². The molecule has 1 aromatic heterocycles. The van der Waals surface area contributed by atoms with Gasteiger partial charge in [-0.05, 0) is 63.1 Å². The molecule has 8 nitrogen and oxygen atoms in total. The number of halogens is 1. The quantitative estimate of drug-likeness (QED) is 0.485. The van der Waals surface area contributed by atoms with E-state index in [1.165, 1.54) is 28.8 Å². The molecule has 0 saturated carbocycles. The minimum Gasteiger partial charge on any atom is -0.354 e. The molecule has 2 amide bonds. The Morgan fingerprint density at radius 1 is 0.939 bits per heavy atom. The molecule has 2 aromatic carbocycles. The maximum absolute atomic E-state index is 13.1. The Kier molecular flexibility index (Phi) is 7.76. The Morgan fingerprint density at radius 2 is 1.64 bits per heavy atom. The number of nitrogens with one attached hydrogen (secondary N) is 2. The van der Waals surface area contributed by atoms with E-state index in [2.05, 4.69) is 10.6 Å². The van der Waals surface area contributed by atoms with Crippen LogP contribution >= 0.6 is 0 Å². The first-order chi connectivity index (χ1) is 15.8. The van der Waals surface area contributed by atoms with Gasteiger partial charge in [-0.3, -0.25) is 23.5 Å². The molecule has 0 fully saturated rings. The first-order valence-electron chi connectivity index (χ1n) is 10.8. The number of hydrogen-bond donors (Lipinski definition) is 2. The SMILES string of the molecule is CC(C)NC(=O)CCCCn1c(=O)c2ccccc2n(CC(=O)Nc2ccc(F)cc2)c1=O. The molecule has 0 saturated heterocycles. The number of aromatic nitrogens is 2. The average molecular weight is 455 g/mol. The Hall–Kier alpha value is -3.75. The summed E-state index contributed by atoms with van der Waals surface area (Å²) in [7, 11) is 0. The second-order valence-electron chi connectivity index (χ2n) is 8.08. The Labute approximate surface area is 190 Å². The third-order valence-electron chi connectivity index (χ3n) is 5.05. The summed E-state index contributed by atoms with van der Waals surface area (Å²) < 4.78 is 15.5. The highest BCUT2D eigenvalue weighted by Crippen LogP contribution is 2.11. The Balaban J connectivity index is 1.81. The van der Waals surface area contributed by atoms with Gasteiger partial charge in [0.2, 0.25) is 11.8 Å². The molecule has 3 rings (SSSR count). The van der Waals surface area contributed by atoms with E-state index in [-0.39, 0.29) is 25.0 Å². The summed E-state index contributed by atoms with van der Waals surface area (Å²) in [4.78, 5) is 50.4. The number of fused-ring (bicyclic) bond motifs is 1. The number of amides is 2. The summed E-state index contributed by atoms with van der Waals surface area (Å²) in [5.41, 5.74) is -0.280. The van der Waals surface area contributed by atoms with E-state index in [9.17, 15) is 23.6 Å². The van der Waals surface area contributed by atoms with Crippen LogP contribution in [0.1, 0.15) is 33.1 Å². The molecule has 0 aliphatic heterocycles. The van der Waals surface area contributed by atoms with E-state index < -0.39 is 23.0 Å². The highest BCUT2D eigenvalue weighted by molar-refractivity contribution is 5.91. The maximum atomic E-state index is 13.1. The second-order valence-corrected chi connectivity index (χ2v) is 8.08. The van der Waals surface area contributed by atoms with Gasteiger partial charge in [0, 0.05) is 24.7 Å². The smallest absolute Gasteiger partial charge is 0.331 e. The second kappa shape index (κ2) is 10.7. The zero-order valence-corrected chi connectivity index (χ0v) is 18.6. The third-order valence-corrected chi connectivity index (χ3v) is 5.05. The van der Waals surface area contributed by atoms with Gasteiger partial charge in [-0.25, -0.2) is 9.18 Å². The zero-order chi connectivity index (χ0) is 24.0. The molecule has 0 spiro atoms. The topological polar surface area (TPSA) is 102 Å². The van der Waals surface area contributed by atoms with Gasteiger partial charge in [0.15, 0.2) is 0 Å². The average Bonchev–Trinajstić information content (AvgIpc) is 2.77. The van der Waals surface area contributed by atoms with Gasteiger partial charge in [0.05, 0.1) is 10.9 Å². The fraction of sp³-hybridized carbons (Fsp3) is 0.333. The van der Waals surface area contributed by atoms with E-state index in [0.717, 1.165) is 4.57 Å². The summed E-state index contributed by atoms with van der Waals surface area (Å²) in [5, 5.41) is 5.75. The minimum atomic E-state index is -0.598. The van der Waals surface area contributed by atoms with Gasteiger partial charge in [0.25, 0.3) is 5.56 Å². The molecule has 0 aliphatic rings. The first kappa shape index (κ1) is 23.9. The molecular weight excluding hydrogens is 427 g/mol. The van der Waals surface area contributed by atoms with Crippen LogP contribution < -0.4 is 21.9 Å². The van der Waals surface area contributed by atoms with Gasteiger partial charge >= 0.3 is 5.69 Å². The molecule has 0 atom stereocenters. The van der Waals surface area contributed by atoms with Crippen LogP contribution in [0.2, 0.25) is 0 Å². The van der Waals surface area contributed by atoms with Crippen molar-refractivity contribution in [1.82, 2.24) is 14.5 Å². The van der Waals surface area contributed by atoms with Gasteiger partial charge in [-0.2, -0.15) is 0 Å². The predicted octanol–water partition coefficient (Wildman–Crippen LogP) is 2.64. The fourth-order valence-corrected chi connectivity index (χ4v) is 3.55.